The van der Waals surface area contributed by atoms with Crippen LogP contribution in [0.5, 0.6) is 0 Å². The minimum absolute atomic E-state index is 0.331. The highest BCUT2D eigenvalue weighted by Crippen LogP contribution is 2.28. The highest BCUT2D eigenvalue weighted by Gasteiger charge is 2.05. The molecule has 12 heavy (non-hydrogen) atoms. The number of thiazole rings is 1. The summed E-state index contributed by atoms with van der Waals surface area (Å²) in [6, 6.07) is 2.61. The van der Waals surface area contributed by atoms with Crippen LogP contribution in [0.15, 0.2) is 12.1 Å². The molecule has 3 nitrogen and oxygen atoms in total. The summed E-state index contributed by atoms with van der Waals surface area (Å²) >= 11 is 1.23. The van der Waals surface area contributed by atoms with Crippen molar-refractivity contribution in [2.24, 2.45) is 0 Å². The predicted octanol–water partition coefficient (Wildman–Crippen LogP) is 1.60. The molecule has 0 spiro atoms. The van der Waals surface area contributed by atoms with E-state index in [4.69, 9.17) is 11.5 Å². The highest BCUT2D eigenvalue weighted by molar-refractivity contribution is 7.22. The normalized spacial score (nSPS) is 10.8. The molecule has 0 atom stereocenters. The Bertz CT molecular complexity index is 437. The fourth-order valence-corrected chi connectivity index (χ4v) is 1.83. The molecule has 0 aliphatic heterocycles. The predicted molar refractivity (Wildman–Crippen MR) is 48.4 cm³/mol. The van der Waals surface area contributed by atoms with E-state index in [2.05, 4.69) is 4.98 Å². The minimum Gasteiger partial charge on any atom is -0.397 e. The van der Waals surface area contributed by atoms with Crippen molar-refractivity contribution in [2.45, 2.75) is 0 Å². The Labute approximate surface area is 71.8 Å². The van der Waals surface area contributed by atoms with Crippen LogP contribution in [0.3, 0.4) is 0 Å². The third kappa shape index (κ3) is 0.984. The number of hydrogen-bond acceptors (Lipinski definition) is 4. The molecular formula is C7H6FN3S. The molecule has 0 amide bonds. The number of nitrogen functional groups attached to an aromatic ring is 2. The monoisotopic (exact) mass is 183 g/mol. The molecule has 0 bridgehead atoms. The summed E-state index contributed by atoms with van der Waals surface area (Å²) in [6.07, 6.45) is 0. The Hall–Kier alpha value is -1.36. The van der Waals surface area contributed by atoms with Crippen LogP contribution in [0.1, 0.15) is 0 Å². The maximum absolute atomic E-state index is 12.8. The van der Waals surface area contributed by atoms with Gasteiger partial charge in [0.25, 0.3) is 0 Å². The summed E-state index contributed by atoms with van der Waals surface area (Å²) in [5.41, 5.74) is 11.9. The zero-order valence-corrected chi connectivity index (χ0v) is 6.86. The van der Waals surface area contributed by atoms with Crippen molar-refractivity contribution >= 4 is 32.4 Å². The van der Waals surface area contributed by atoms with Crippen molar-refractivity contribution in [1.29, 1.82) is 0 Å². The van der Waals surface area contributed by atoms with Gasteiger partial charge in [-0.2, -0.15) is 0 Å². The number of nitrogens with two attached hydrogens (primary N) is 2. The zero-order valence-electron chi connectivity index (χ0n) is 6.04. The lowest BCUT2D eigenvalue weighted by atomic mass is 10.3. The van der Waals surface area contributed by atoms with Crippen molar-refractivity contribution in [2.75, 3.05) is 11.5 Å². The molecule has 1 aromatic heterocycles. The maximum Gasteiger partial charge on any atom is 0.181 e. The van der Waals surface area contributed by atoms with Gasteiger partial charge >= 0.3 is 0 Å². The van der Waals surface area contributed by atoms with Crippen molar-refractivity contribution in [3.63, 3.8) is 0 Å². The van der Waals surface area contributed by atoms with Crippen molar-refractivity contribution < 1.29 is 4.39 Å². The second kappa shape index (κ2) is 2.31. The number of halogens is 1. The van der Waals surface area contributed by atoms with Gasteiger partial charge in [-0.05, 0) is 12.1 Å². The highest BCUT2D eigenvalue weighted by atomic mass is 32.1. The van der Waals surface area contributed by atoms with E-state index in [1.807, 2.05) is 0 Å². The Morgan fingerprint density at radius 3 is 2.83 bits per heavy atom. The first-order valence-electron chi connectivity index (χ1n) is 3.28. The number of aromatic nitrogens is 1. The lowest BCUT2D eigenvalue weighted by Gasteiger charge is -1.93. The van der Waals surface area contributed by atoms with Crippen LogP contribution in [0.25, 0.3) is 10.2 Å². The summed E-state index contributed by atoms with van der Waals surface area (Å²) in [4.78, 5) is 3.96. The molecule has 1 aromatic carbocycles. The van der Waals surface area contributed by atoms with Crippen molar-refractivity contribution in [3.8, 4) is 0 Å². The van der Waals surface area contributed by atoms with Gasteiger partial charge in [0.05, 0.1) is 10.4 Å². The van der Waals surface area contributed by atoms with Crippen LogP contribution in [-0.2, 0) is 0 Å². The fourth-order valence-electron chi connectivity index (χ4n) is 1.04. The summed E-state index contributed by atoms with van der Waals surface area (Å²) in [6.45, 7) is 0. The van der Waals surface area contributed by atoms with Gasteiger partial charge in [-0.1, -0.05) is 11.3 Å². The Balaban J connectivity index is 2.88. The average Bonchev–Trinajstić information content (AvgIpc) is 2.29. The third-order valence-corrected chi connectivity index (χ3v) is 2.34. The molecular weight excluding hydrogens is 177 g/mol. The Morgan fingerprint density at radius 2 is 2.08 bits per heavy atom. The fraction of sp³-hybridized carbons (Fsp3) is 0. The molecule has 0 fully saturated rings. The van der Waals surface area contributed by atoms with E-state index in [0.29, 0.717) is 21.0 Å². The van der Waals surface area contributed by atoms with Gasteiger partial charge in [0.2, 0.25) is 0 Å². The van der Waals surface area contributed by atoms with Crippen molar-refractivity contribution in [1.82, 2.24) is 4.98 Å². The van der Waals surface area contributed by atoms with Crippen molar-refractivity contribution in [3.05, 3.63) is 17.9 Å². The minimum atomic E-state index is -0.358. The molecule has 0 radical (unpaired) electrons. The number of rotatable bonds is 0. The molecule has 0 aliphatic carbocycles. The van der Waals surface area contributed by atoms with Crippen LogP contribution in [0, 0.1) is 5.82 Å². The zero-order chi connectivity index (χ0) is 8.72. The molecule has 0 unspecified atom stereocenters. The lowest BCUT2D eigenvalue weighted by Crippen LogP contribution is -1.88. The molecule has 1 heterocycles. The van der Waals surface area contributed by atoms with Crippen LogP contribution in [0.4, 0.5) is 15.2 Å². The van der Waals surface area contributed by atoms with E-state index < -0.39 is 0 Å². The van der Waals surface area contributed by atoms with Crippen LogP contribution in [-0.4, -0.2) is 4.98 Å². The summed E-state index contributed by atoms with van der Waals surface area (Å²) in [5.74, 6) is -0.358. The Morgan fingerprint density at radius 1 is 1.33 bits per heavy atom. The molecule has 0 saturated heterocycles. The number of hydrogen-bond donors (Lipinski definition) is 2. The third-order valence-electron chi connectivity index (χ3n) is 1.51. The Kier molecular flexibility index (Phi) is 1.41. The molecule has 0 aliphatic rings. The van der Waals surface area contributed by atoms with E-state index in [1.165, 1.54) is 23.5 Å². The lowest BCUT2D eigenvalue weighted by molar-refractivity contribution is 0.630. The average molecular weight is 183 g/mol. The first-order valence-corrected chi connectivity index (χ1v) is 4.09. The standard InChI is InChI=1S/C7H6FN3S/c8-3-1-4(9)6-5(2-3)12-7(10)11-6/h1-2H,9H2,(H2,10,11). The number of benzene rings is 1. The van der Waals surface area contributed by atoms with Gasteiger partial charge in [-0.25, -0.2) is 9.37 Å². The van der Waals surface area contributed by atoms with E-state index in [1.54, 1.807) is 0 Å². The van der Waals surface area contributed by atoms with Gasteiger partial charge in [-0.3, -0.25) is 0 Å². The van der Waals surface area contributed by atoms with E-state index in [0.717, 1.165) is 0 Å². The van der Waals surface area contributed by atoms with Crippen LogP contribution >= 0.6 is 11.3 Å². The first-order chi connectivity index (χ1) is 5.66. The molecule has 0 saturated carbocycles. The number of nitrogens with zero attached hydrogens (tertiary/aromatic N) is 1. The second-order valence-corrected chi connectivity index (χ2v) is 3.46. The van der Waals surface area contributed by atoms with Gasteiger partial charge in [0.1, 0.15) is 11.3 Å². The van der Waals surface area contributed by atoms with E-state index in [-0.39, 0.29) is 5.82 Å². The van der Waals surface area contributed by atoms with Crippen LogP contribution in [0.2, 0.25) is 0 Å². The smallest absolute Gasteiger partial charge is 0.181 e. The van der Waals surface area contributed by atoms with Gasteiger partial charge in [0, 0.05) is 0 Å². The maximum atomic E-state index is 12.8. The van der Waals surface area contributed by atoms with Crippen LogP contribution < -0.4 is 11.5 Å². The van der Waals surface area contributed by atoms with Gasteiger partial charge in [0.15, 0.2) is 5.13 Å². The molecule has 2 aromatic rings. The van der Waals surface area contributed by atoms with E-state index >= 15 is 0 Å². The SMILES string of the molecule is Nc1nc2c(N)cc(F)cc2s1. The van der Waals surface area contributed by atoms with Gasteiger partial charge < -0.3 is 11.5 Å². The molecule has 5 heteroatoms. The summed E-state index contributed by atoms with van der Waals surface area (Å²) in [5, 5.41) is 0.405. The first kappa shape index (κ1) is 7.30. The molecule has 62 valence electrons. The largest absolute Gasteiger partial charge is 0.397 e. The topological polar surface area (TPSA) is 64.9 Å². The summed E-state index contributed by atoms with van der Waals surface area (Å²) in [7, 11) is 0. The molecule has 4 N–H and O–H groups in total. The molecule has 2 rings (SSSR count). The number of anilines is 2. The number of fused-ring (bicyclic) bond motifs is 1. The second-order valence-electron chi connectivity index (χ2n) is 2.39. The quantitative estimate of drug-likeness (QED) is 0.610. The van der Waals surface area contributed by atoms with Gasteiger partial charge in [-0.15, -0.1) is 0 Å². The van der Waals surface area contributed by atoms with E-state index in [9.17, 15) is 4.39 Å². The summed E-state index contributed by atoms with van der Waals surface area (Å²) < 4.78 is 13.4.